The topological polar surface area (TPSA) is 35.5 Å². The van der Waals surface area contributed by atoms with Crippen LogP contribution in [0.3, 0.4) is 0 Å². The van der Waals surface area contributed by atoms with Crippen LogP contribution in [0, 0.1) is 6.92 Å². The number of hydrogen-bond donors (Lipinski definition) is 2. The highest BCUT2D eigenvalue weighted by Crippen LogP contribution is 2.23. The van der Waals surface area contributed by atoms with Crippen LogP contribution >= 0.6 is 0 Å². The summed E-state index contributed by atoms with van der Waals surface area (Å²) < 4.78 is 0. The number of aliphatic hydroxyl groups is 1. The molecule has 0 bridgehead atoms. The van der Waals surface area contributed by atoms with E-state index in [1.54, 1.807) is 0 Å². The van der Waals surface area contributed by atoms with Gasteiger partial charge in [0.1, 0.15) is 0 Å². The quantitative estimate of drug-likeness (QED) is 0.809. The minimum Gasteiger partial charge on any atom is -0.394 e. The largest absolute Gasteiger partial charge is 0.394 e. The van der Waals surface area contributed by atoms with E-state index in [4.69, 9.17) is 0 Å². The van der Waals surface area contributed by atoms with Crippen LogP contribution in [0.5, 0.6) is 0 Å². The SMILES string of the molecule is Cc1cc(CNC2CC2)ccc1N(C)C(C)CO. The molecule has 1 atom stereocenters. The molecule has 1 unspecified atom stereocenters. The molecule has 1 fully saturated rings. The maximum absolute atomic E-state index is 9.21. The summed E-state index contributed by atoms with van der Waals surface area (Å²) in [6, 6.07) is 7.48. The van der Waals surface area contributed by atoms with Crippen LogP contribution < -0.4 is 10.2 Å². The smallest absolute Gasteiger partial charge is 0.0632 e. The molecule has 2 rings (SSSR count). The van der Waals surface area contributed by atoms with Crippen molar-refractivity contribution in [3.63, 3.8) is 0 Å². The van der Waals surface area contributed by atoms with E-state index in [0.717, 1.165) is 12.6 Å². The molecule has 0 spiro atoms. The Morgan fingerprint density at radius 1 is 1.44 bits per heavy atom. The first-order chi connectivity index (χ1) is 8.61. The zero-order valence-corrected chi connectivity index (χ0v) is 11.6. The normalized spacial score (nSPS) is 16.7. The van der Waals surface area contributed by atoms with Gasteiger partial charge in [-0.15, -0.1) is 0 Å². The third-order valence-electron chi connectivity index (χ3n) is 3.74. The van der Waals surface area contributed by atoms with Gasteiger partial charge in [0.2, 0.25) is 0 Å². The summed E-state index contributed by atoms with van der Waals surface area (Å²) >= 11 is 0. The average Bonchev–Trinajstić information content (AvgIpc) is 3.18. The Hall–Kier alpha value is -1.06. The van der Waals surface area contributed by atoms with E-state index in [2.05, 4.69) is 35.3 Å². The van der Waals surface area contributed by atoms with Gasteiger partial charge in [-0.1, -0.05) is 12.1 Å². The molecule has 0 aliphatic heterocycles. The minimum atomic E-state index is 0.152. The molecule has 18 heavy (non-hydrogen) atoms. The minimum absolute atomic E-state index is 0.152. The second kappa shape index (κ2) is 5.72. The lowest BCUT2D eigenvalue weighted by Gasteiger charge is -2.27. The van der Waals surface area contributed by atoms with Gasteiger partial charge >= 0.3 is 0 Å². The van der Waals surface area contributed by atoms with Crippen molar-refractivity contribution in [3.8, 4) is 0 Å². The molecule has 100 valence electrons. The molecule has 1 aliphatic rings. The lowest BCUT2D eigenvalue weighted by molar-refractivity contribution is 0.270. The number of nitrogens with one attached hydrogen (secondary N) is 1. The maximum Gasteiger partial charge on any atom is 0.0632 e. The Morgan fingerprint density at radius 3 is 2.72 bits per heavy atom. The predicted octanol–water partition coefficient (Wildman–Crippen LogP) is 2.06. The van der Waals surface area contributed by atoms with Crippen molar-refractivity contribution in [2.45, 2.75) is 45.3 Å². The van der Waals surface area contributed by atoms with Crippen molar-refractivity contribution >= 4 is 5.69 Å². The summed E-state index contributed by atoms with van der Waals surface area (Å²) in [6.07, 6.45) is 2.65. The summed E-state index contributed by atoms with van der Waals surface area (Å²) in [6.45, 7) is 5.31. The van der Waals surface area contributed by atoms with Gasteiger partial charge in [-0.3, -0.25) is 0 Å². The Morgan fingerprint density at radius 2 is 2.17 bits per heavy atom. The van der Waals surface area contributed by atoms with Gasteiger partial charge in [0.05, 0.1) is 6.61 Å². The molecular weight excluding hydrogens is 224 g/mol. The van der Waals surface area contributed by atoms with Crippen LogP contribution in [0.25, 0.3) is 0 Å². The van der Waals surface area contributed by atoms with Crippen LogP contribution in [-0.4, -0.2) is 30.8 Å². The van der Waals surface area contributed by atoms with Crippen LogP contribution in [0.1, 0.15) is 30.9 Å². The average molecular weight is 248 g/mol. The summed E-state index contributed by atoms with van der Waals surface area (Å²) in [5, 5.41) is 12.7. The number of aryl methyl sites for hydroxylation is 1. The molecule has 1 aromatic rings. The molecule has 1 aromatic carbocycles. The first-order valence-corrected chi connectivity index (χ1v) is 6.78. The molecule has 1 aliphatic carbocycles. The summed E-state index contributed by atoms with van der Waals surface area (Å²) in [5.41, 5.74) is 3.81. The zero-order chi connectivity index (χ0) is 13.1. The van der Waals surface area contributed by atoms with Crippen molar-refractivity contribution in [2.75, 3.05) is 18.6 Å². The zero-order valence-electron chi connectivity index (χ0n) is 11.6. The molecule has 3 heteroatoms. The molecule has 0 aromatic heterocycles. The van der Waals surface area contributed by atoms with Gasteiger partial charge in [0.15, 0.2) is 0 Å². The Balaban J connectivity index is 2.03. The van der Waals surface area contributed by atoms with E-state index in [1.807, 2.05) is 14.0 Å². The highest BCUT2D eigenvalue weighted by Gasteiger charge is 2.20. The molecular formula is C15H24N2O. The number of anilines is 1. The summed E-state index contributed by atoms with van der Waals surface area (Å²) in [5.74, 6) is 0. The number of likely N-dealkylation sites (N-methyl/N-ethyl adjacent to an activating group) is 1. The van der Waals surface area contributed by atoms with Crippen molar-refractivity contribution in [3.05, 3.63) is 29.3 Å². The maximum atomic E-state index is 9.21. The number of nitrogens with zero attached hydrogens (tertiary/aromatic N) is 1. The molecule has 0 radical (unpaired) electrons. The lowest BCUT2D eigenvalue weighted by atomic mass is 10.1. The number of rotatable bonds is 6. The summed E-state index contributed by atoms with van der Waals surface area (Å²) in [7, 11) is 2.03. The van der Waals surface area contributed by atoms with E-state index in [9.17, 15) is 5.11 Å². The van der Waals surface area contributed by atoms with Crippen LogP contribution in [0.2, 0.25) is 0 Å². The Labute approximate surface area is 110 Å². The van der Waals surface area contributed by atoms with Gasteiger partial charge in [-0.05, 0) is 43.9 Å². The molecule has 3 nitrogen and oxygen atoms in total. The second-order valence-corrected chi connectivity index (χ2v) is 5.42. The second-order valence-electron chi connectivity index (χ2n) is 5.42. The van der Waals surface area contributed by atoms with Gasteiger partial charge in [-0.25, -0.2) is 0 Å². The first kappa shape index (κ1) is 13.4. The molecule has 0 amide bonds. The fraction of sp³-hybridized carbons (Fsp3) is 0.600. The van der Waals surface area contributed by atoms with E-state index in [0.29, 0.717) is 0 Å². The van der Waals surface area contributed by atoms with Crippen LogP contribution in [0.15, 0.2) is 18.2 Å². The van der Waals surface area contributed by atoms with Gasteiger partial charge in [-0.2, -0.15) is 0 Å². The Kier molecular flexibility index (Phi) is 4.25. The fourth-order valence-corrected chi connectivity index (χ4v) is 2.13. The first-order valence-electron chi connectivity index (χ1n) is 6.78. The van der Waals surface area contributed by atoms with E-state index in [1.165, 1.54) is 29.7 Å². The van der Waals surface area contributed by atoms with E-state index < -0.39 is 0 Å². The van der Waals surface area contributed by atoms with Gasteiger partial charge < -0.3 is 15.3 Å². The Bertz CT molecular complexity index is 401. The van der Waals surface area contributed by atoms with Gasteiger partial charge in [0.25, 0.3) is 0 Å². The highest BCUT2D eigenvalue weighted by atomic mass is 16.3. The summed E-state index contributed by atoms with van der Waals surface area (Å²) in [4.78, 5) is 2.13. The van der Waals surface area contributed by atoms with Crippen molar-refractivity contribution in [1.82, 2.24) is 5.32 Å². The standard InChI is InChI=1S/C15H24N2O/c1-11-8-13(9-16-14-5-6-14)4-7-15(11)17(3)12(2)10-18/h4,7-8,12,14,16,18H,5-6,9-10H2,1-3H3. The third kappa shape index (κ3) is 3.24. The van der Waals surface area contributed by atoms with E-state index in [-0.39, 0.29) is 12.6 Å². The van der Waals surface area contributed by atoms with Crippen molar-refractivity contribution in [2.24, 2.45) is 0 Å². The number of hydrogen-bond acceptors (Lipinski definition) is 3. The van der Waals surface area contributed by atoms with Gasteiger partial charge in [0, 0.05) is 31.4 Å². The monoisotopic (exact) mass is 248 g/mol. The van der Waals surface area contributed by atoms with Crippen molar-refractivity contribution in [1.29, 1.82) is 0 Å². The highest BCUT2D eigenvalue weighted by molar-refractivity contribution is 5.54. The molecule has 0 heterocycles. The number of aliphatic hydroxyl groups excluding tert-OH is 1. The molecule has 1 saturated carbocycles. The van der Waals surface area contributed by atoms with Crippen LogP contribution in [-0.2, 0) is 6.54 Å². The third-order valence-corrected chi connectivity index (χ3v) is 3.74. The number of benzene rings is 1. The fourth-order valence-electron chi connectivity index (χ4n) is 2.13. The lowest BCUT2D eigenvalue weighted by Crippen LogP contribution is -2.32. The van der Waals surface area contributed by atoms with Crippen LogP contribution in [0.4, 0.5) is 5.69 Å². The molecule has 0 saturated heterocycles. The predicted molar refractivity (Wildman–Crippen MR) is 76.0 cm³/mol. The molecule has 2 N–H and O–H groups in total. The van der Waals surface area contributed by atoms with E-state index >= 15 is 0 Å². The van der Waals surface area contributed by atoms with Crippen molar-refractivity contribution < 1.29 is 5.11 Å².